The van der Waals surface area contributed by atoms with Crippen molar-refractivity contribution < 1.29 is 23.1 Å². The molecule has 2 N–H and O–H groups in total. The third-order valence-electron chi connectivity index (χ3n) is 7.51. The molecule has 1 amide bonds. The molecule has 4 rings (SSSR count). The number of hydrogen-bond donors (Lipinski definition) is 2. The topological polar surface area (TPSA) is 104 Å². The lowest BCUT2D eigenvalue weighted by Gasteiger charge is -2.52. The number of nitrogens with one attached hydrogen (secondary N) is 1. The Kier molecular flexibility index (Phi) is 8.44. The van der Waals surface area contributed by atoms with E-state index in [0.717, 1.165) is 24.0 Å². The van der Waals surface area contributed by atoms with Crippen LogP contribution in [0.25, 0.3) is 0 Å². The van der Waals surface area contributed by atoms with E-state index in [0.29, 0.717) is 10.0 Å². The predicted molar refractivity (Wildman–Crippen MR) is 153 cm³/mol. The van der Waals surface area contributed by atoms with Crippen LogP contribution in [-0.4, -0.2) is 47.6 Å². The van der Waals surface area contributed by atoms with Gasteiger partial charge in [0.15, 0.2) is 0 Å². The first-order valence-corrected chi connectivity index (χ1v) is 15.6. The van der Waals surface area contributed by atoms with Crippen LogP contribution in [0, 0.1) is 11.3 Å². The summed E-state index contributed by atoms with van der Waals surface area (Å²) in [6.45, 7) is 7.01. The summed E-state index contributed by atoms with van der Waals surface area (Å²) in [6, 6.07) is 13.4. The highest BCUT2D eigenvalue weighted by molar-refractivity contribution is 7.89. The van der Waals surface area contributed by atoms with Crippen LogP contribution in [0.2, 0.25) is 10.0 Å². The maximum absolute atomic E-state index is 14.4. The number of rotatable bonds is 9. The van der Waals surface area contributed by atoms with E-state index < -0.39 is 39.0 Å². The van der Waals surface area contributed by atoms with E-state index in [2.05, 4.69) is 4.72 Å². The predicted octanol–water partition coefficient (Wildman–Crippen LogP) is 6.03. The summed E-state index contributed by atoms with van der Waals surface area (Å²) in [4.78, 5) is 28.1. The van der Waals surface area contributed by atoms with Gasteiger partial charge in [-0.05, 0) is 81.3 Å². The van der Waals surface area contributed by atoms with E-state index in [-0.39, 0.29) is 36.3 Å². The zero-order valence-corrected chi connectivity index (χ0v) is 25.0. The molecule has 1 saturated heterocycles. The van der Waals surface area contributed by atoms with E-state index in [1.165, 1.54) is 0 Å². The number of likely N-dealkylation sites (tertiary alicyclic amines) is 1. The number of carbonyl (C=O) groups is 2. The van der Waals surface area contributed by atoms with Crippen molar-refractivity contribution >= 4 is 45.1 Å². The number of halogens is 2. The lowest BCUT2D eigenvalue weighted by atomic mass is 9.67. The Morgan fingerprint density at radius 1 is 1.10 bits per heavy atom. The van der Waals surface area contributed by atoms with Crippen molar-refractivity contribution in [3.8, 4) is 0 Å². The molecule has 1 aliphatic carbocycles. The lowest BCUT2D eigenvalue weighted by molar-refractivity contribution is -0.160. The number of sulfonamides is 1. The molecular formula is C29H36Cl2N2O5S. The third kappa shape index (κ3) is 7.15. The second-order valence-electron chi connectivity index (χ2n) is 12.2. The summed E-state index contributed by atoms with van der Waals surface area (Å²) in [5.74, 6) is -2.02. The average molecular weight is 596 g/mol. The van der Waals surface area contributed by atoms with Gasteiger partial charge in [0.05, 0.1) is 29.7 Å². The molecule has 2 fully saturated rings. The average Bonchev–Trinajstić information content (AvgIpc) is 3.63. The van der Waals surface area contributed by atoms with E-state index in [4.69, 9.17) is 23.2 Å². The quantitative estimate of drug-likeness (QED) is 0.369. The molecule has 2 aromatic rings. The van der Waals surface area contributed by atoms with Crippen LogP contribution in [0.15, 0.2) is 48.5 Å². The van der Waals surface area contributed by atoms with Gasteiger partial charge in [0.2, 0.25) is 15.9 Å². The molecule has 0 spiro atoms. The molecule has 2 aliphatic rings. The molecule has 4 atom stereocenters. The zero-order chi connectivity index (χ0) is 28.8. The van der Waals surface area contributed by atoms with Gasteiger partial charge in [-0.2, -0.15) is 0 Å². The molecule has 1 aliphatic heterocycles. The highest BCUT2D eigenvalue weighted by Crippen LogP contribution is 2.54. The smallest absolute Gasteiger partial charge is 0.304 e. The SMILES string of the molecule is CC(C)(C)NS(=O)(=O)C[C@H](C1CC1)N1C(=O)[C@@](C)(CC(=O)O)C[C@H](c2cccc(Cl)c2)[C@H]1c1ccc(Cl)cc1. The van der Waals surface area contributed by atoms with E-state index in [1.807, 2.05) is 30.3 Å². The van der Waals surface area contributed by atoms with Crippen molar-refractivity contribution in [3.63, 3.8) is 0 Å². The highest BCUT2D eigenvalue weighted by Gasteiger charge is 2.55. The Balaban J connectivity index is 1.91. The molecule has 1 saturated carbocycles. The first-order valence-electron chi connectivity index (χ1n) is 13.2. The largest absolute Gasteiger partial charge is 0.481 e. The van der Waals surface area contributed by atoms with Crippen LogP contribution in [0.1, 0.15) is 76.5 Å². The van der Waals surface area contributed by atoms with Crippen molar-refractivity contribution in [1.29, 1.82) is 0 Å². The van der Waals surface area contributed by atoms with Crippen LogP contribution in [-0.2, 0) is 19.6 Å². The van der Waals surface area contributed by atoms with E-state index in [9.17, 15) is 23.1 Å². The molecule has 1 heterocycles. The van der Waals surface area contributed by atoms with Crippen molar-refractivity contribution in [3.05, 3.63) is 69.7 Å². The van der Waals surface area contributed by atoms with Gasteiger partial charge < -0.3 is 10.0 Å². The van der Waals surface area contributed by atoms with Crippen molar-refractivity contribution in [2.75, 3.05) is 5.75 Å². The van der Waals surface area contributed by atoms with Crippen molar-refractivity contribution in [1.82, 2.24) is 9.62 Å². The number of aliphatic carboxylic acids is 1. The molecule has 0 bridgehead atoms. The Labute approximate surface area is 240 Å². The summed E-state index contributed by atoms with van der Waals surface area (Å²) >= 11 is 12.6. The second kappa shape index (κ2) is 11.0. The number of benzene rings is 2. The summed E-state index contributed by atoms with van der Waals surface area (Å²) in [7, 11) is -3.78. The second-order valence-corrected chi connectivity index (χ2v) is 14.9. The molecule has 0 unspecified atom stereocenters. The number of carboxylic acids is 1. The normalized spacial score (nSPS) is 25.0. The minimum Gasteiger partial charge on any atom is -0.481 e. The maximum atomic E-state index is 14.4. The Bertz CT molecular complexity index is 1340. The van der Waals surface area contributed by atoms with Crippen LogP contribution < -0.4 is 4.72 Å². The molecule has 10 heteroatoms. The van der Waals surface area contributed by atoms with E-state index in [1.54, 1.807) is 50.8 Å². The molecule has 2 aromatic carbocycles. The fourth-order valence-electron chi connectivity index (χ4n) is 5.90. The molecule has 212 valence electrons. The lowest BCUT2D eigenvalue weighted by Crippen LogP contribution is -2.59. The van der Waals surface area contributed by atoms with Gasteiger partial charge >= 0.3 is 5.97 Å². The number of carbonyl (C=O) groups excluding carboxylic acids is 1. The summed E-state index contributed by atoms with van der Waals surface area (Å²) in [5, 5.41) is 10.9. The van der Waals surface area contributed by atoms with Gasteiger partial charge in [-0.25, -0.2) is 13.1 Å². The first-order chi connectivity index (χ1) is 18.1. The van der Waals surface area contributed by atoms with Crippen LogP contribution in [0.4, 0.5) is 0 Å². The van der Waals surface area contributed by atoms with E-state index >= 15 is 0 Å². The molecule has 39 heavy (non-hydrogen) atoms. The van der Waals surface area contributed by atoms with Gasteiger partial charge in [-0.1, -0.05) is 54.4 Å². The number of amides is 1. The summed E-state index contributed by atoms with van der Waals surface area (Å²) in [6.07, 6.45) is 1.50. The van der Waals surface area contributed by atoms with Gasteiger partial charge in [-0.15, -0.1) is 0 Å². The Morgan fingerprint density at radius 2 is 1.74 bits per heavy atom. The van der Waals surface area contributed by atoms with Gasteiger partial charge in [0.1, 0.15) is 0 Å². The number of piperidine rings is 1. The number of hydrogen-bond acceptors (Lipinski definition) is 4. The monoisotopic (exact) mass is 594 g/mol. The van der Waals surface area contributed by atoms with Gasteiger partial charge in [-0.3, -0.25) is 9.59 Å². The molecule has 0 aromatic heterocycles. The van der Waals surface area contributed by atoms with Crippen molar-refractivity contribution in [2.45, 2.75) is 76.9 Å². The minimum atomic E-state index is -3.78. The van der Waals surface area contributed by atoms with Crippen molar-refractivity contribution in [2.24, 2.45) is 11.3 Å². The van der Waals surface area contributed by atoms with Crippen LogP contribution in [0.3, 0.4) is 0 Å². The Hall–Kier alpha value is -2.13. The summed E-state index contributed by atoms with van der Waals surface area (Å²) in [5.41, 5.74) is -0.255. The maximum Gasteiger partial charge on any atom is 0.304 e. The minimum absolute atomic E-state index is 0.00696. The van der Waals surface area contributed by atoms with Crippen LogP contribution in [0.5, 0.6) is 0 Å². The summed E-state index contributed by atoms with van der Waals surface area (Å²) < 4.78 is 29.5. The molecular weight excluding hydrogens is 559 g/mol. The first kappa shape index (κ1) is 29.8. The Morgan fingerprint density at radius 3 is 2.28 bits per heavy atom. The van der Waals surface area contributed by atoms with Crippen LogP contribution >= 0.6 is 23.2 Å². The fraction of sp³-hybridized carbons (Fsp3) is 0.517. The standard InChI is InChI=1S/C29H36Cl2N2O5S/c1-28(2,3)32-39(37,38)17-24(18-8-9-18)33-26(19-10-12-21(30)13-11-19)23(20-6-5-7-22(31)14-20)15-29(4,27(33)36)16-25(34)35/h5-7,10-14,18,23-24,26,32H,8-9,15-17H2,1-4H3,(H,34,35)/t23-,24-,26-,29-/m1/s1. The number of nitrogens with zero attached hydrogens (tertiary/aromatic N) is 1. The number of carboxylic acid groups (broad SMARTS) is 1. The van der Waals surface area contributed by atoms with Gasteiger partial charge in [0.25, 0.3) is 0 Å². The van der Waals surface area contributed by atoms with Gasteiger partial charge in [0, 0.05) is 21.5 Å². The zero-order valence-electron chi connectivity index (χ0n) is 22.7. The third-order valence-corrected chi connectivity index (χ3v) is 9.70. The fourth-order valence-corrected chi connectivity index (χ4v) is 8.13. The molecule has 7 nitrogen and oxygen atoms in total. The highest BCUT2D eigenvalue weighted by atomic mass is 35.5. The molecule has 0 radical (unpaired) electrons.